The van der Waals surface area contributed by atoms with Crippen molar-refractivity contribution in [3.05, 3.63) is 68.9 Å². The van der Waals surface area contributed by atoms with Crippen molar-refractivity contribution in [3.63, 3.8) is 0 Å². The summed E-state index contributed by atoms with van der Waals surface area (Å²) < 4.78 is 14.4. The Morgan fingerprint density at radius 2 is 2.00 bits per heavy atom. The smallest absolute Gasteiger partial charge is 0.256 e. The number of carbonyl (C=O) groups excluding carboxylic acids is 1. The molecular weight excluding hydrogens is 345 g/mol. The molecule has 0 aliphatic carbocycles. The average molecular weight is 357 g/mol. The molecule has 1 amide bonds. The summed E-state index contributed by atoms with van der Waals surface area (Å²) in [4.78, 5) is 13.7. The van der Waals surface area contributed by atoms with E-state index in [1.807, 2.05) is 18.2 Å². The quantitative estimate of drug-likeness (QED) is 0.792. The molecule has 0 radical (unpaired) electrons. The lowest BCUT2D eigenvalue weighted by Crippen LogP contribution is -2.27. The highest BCUT2D eigenvalue weighted by molar-refractivity contribution is 9.10. The van der Waals surface area contributed by atoms with Crippen LogP contribution in [0.4, 0.5) is 4.39 Å². The van der Waals surface area contributed by atoms with Gasteiger partial charge < -0.3 is 4.90 Å². The van der Waals surface area contributed by atoms with Gasteiger partial charge in [0, 0.05) is 23.1 Å². The number of hydrogen-bond acceptors (Lipinski definition) is 1. The molecule has 0 fully saturated rings. The Morgan fingerprint density at radius 1 is 1.30 bits per heavy atom. The van der Waals surface area contributed by atoms with Crippen molar-refractivity contribution in [1.82, 2.24) is 4.90 Å². The largest absolute Gasteiger partial charge is 0.337 e. The van der Waals surface area contributed by atoms with Crippen LogP contribution in [0.25, 0.3) is 0 Å². The molecular formula is C15H12BrClFNO. The van der Waals surface area contributed by atoms with E-state index in [2.05, 4.69) is 15.9 Å². The van der Waals surface area contributed by atoms with Gasteiger partial charge in [0.2, 0.25) is 0 Å². The molecule has 2 rings (SSSR count). The van der Waals surface area contributed by atoms with E-state index >= 15 is 0 Å². The SMILES string of the molecule is CN(Cc1ccccc1Cl)C(=O)c1cc(Br)ccc1F. The zero-order valence-corrected chi connectivity index (χ0v) is 13.1. The Bertz CT molecular complexity index is 648. The molecule has 0 bridgehead atoms. The van der Waals surface area contributed by atoms with Crippen molar-refractivity contribution in [2.75, 3.05) is 7.05 Å². The first kappa shape index (κ1) is 15.0. The van der Waals surface area contributed by atoms with E-state index in [-0.39, 0.29) is 11.5 Å². The van der Waals surface area contributed by atoms with Crippen LogP contribution in [0.3, 0.4) is 0 Å². The minimum atomic E-state index is -0.538. The second kappa shape index (κ2) is 6.37. The molecule has 0 saturated carbocycles. The number of hydrogen-bond donors (Lipinski definition) is 0. The first-order valence-corrected chi connectivity index (χ1v) is 7.10. The van der Waals surface area contributed by atoms with Crippen LogP contribution in [0.2, 0.25) is 5.02 Å². The van der Waals surface area contributed by atoms with Crippen molar-refractivity contribution >= 4 is 33.4 Å². The number of amides is 1. The van der Waals surface area contributed by atoms with E-state index in [1.165, 1.54) is 17.0 Å². The third-order valence-corrected chi connectivity index (χ3v) is 3.73. The molecule has 0 atom stereocenters. The van der Waals surface area contributed by atoms with Gasteiger partial charge in [-0.25, -0.2) is 4.39 Å². The third-order valence-electron chi connectivity index (χ3n) is 2.87. The van der Waals surface area contributed by atoms with E-state index in [4.69, 9.17) is 11.6 Å². The molecule has 5 heteroatoms. The van der Waals surface area contributed by atoms with Crippen molar-refractivity contribution in [2.24, 2.45) is 0 Å². The monoisotopic (exact) mass is 355 g/mol. The fourth-order valence-electron chi connectivity index (χ4n) is 1.82. The third kappa shape index (κ3) is 3.38. The Kier molecular flexibility index (Phi) is 4.78. The van der Waals surface area contributed by atoms with Crippen molar-refractivity contribution in [1.29, 1.82) is 0 Å². The lowest BCUT2D eigenvalue weighted by molar-refractivity contribution is 0.0780. The summed E-state index contributed by atoms with van der Waals surface area (Å²) in [5.41, 5.74) is 0.856. The van der Waals surface area contributed by atoms with Crippen LogP contribution in [-0.2, 0) is 6.54 Å². The molecule has 0 aliphatic rings. The number of halogens is 3. The fraction of sp³-hybridized carbons (Fsp3) is 0.133. The average Bonchev–Trinajstić information content (AvgIpc) is 2.43. The van der Waals surface area contributed by atoms with Gasteiger partial charge in [0.1, 0.15) is 5.82 Å². The maximum absolute atomic E-state index is 13.7. The molecule has 0 saturated heterocycles. The summed E-state index contributed by atoms with van der Waals surface area (Å²) in [6.07, 6.45) is 0. The number of rotatable bonds is 3. The predicted octanol–water partition coefficient (Wildman–Crippen LogP) is 4.51. The standard InChI is InChI=1S/C15H12BrClFNO/c1-19(9-10-4-2-3-5-13(10)17)15(20)12-8-11(16)6-7-14(12)18/h2-8H,9H2,1H3. The number of carbonyl (C=O) groups is 1. The fourth-order valence-corrected chi connectivity index (χ4v) is 2.38. The summed E-state index contributed by atoms with van der Waals surface area (Å²) in [6, 6.07) is 11.6. The highest BCUT2D eigenvalue weighted by Crippen LogP contribution is 2.20. The van der Waals surface area contributed by atoms with Crippen LogP contribution in [0, 0.1) is 5.82 Å². The topological polar surface area (TPSA) is 20.3 Å². The van der Waals surface area contributed by atoms with Crippen LogP contribution in [0.5, 0.6) is 0 Å². The van der Waals surface area contributed by atoms with Crippen LogP contribution in [0.1, 0.15) is 15.9 Å². The molecule has 0 unspecified atom stereocenters. The minimum absolute atomic E-state index is 0.0360. The first-order chi connectivity index (χ1) is 9.49. The lowest BCUT2D eigenvalue weighted by atomic mass is 10.1. The summed E-state index contributed by atoms with van der Waals surface area (Å²) in [6.45, 7) is 0.324. The Hall–Kier alpha value is -1.39. The second-order valence-corrected chi connectivity index (χ2v) is 5.70. The lowest BCUT2D eigenvalue weighted by Gasteiger charge is -2.18. The molecule has 20 heavy (non-hydrogen) atoms. The van der Waals surface area contributed by atoms with Crippen LogP contribution in [0.15, 0.2) is 46.9 Å². The minimum Gasteiger partial charge on any atom is -0.337 e. The normalized spacial score (nSPS) is 10.4. The van der Waals surface area contributed by atoms with Crippen LogP contribution in [-0.4, -0.2) is 17.9 Å². The van der Waals surface area contributed by atoms with Crippen LogP contribution < -0.4 is 0 Å². The number of nitrogens with zero attached hydrogens (tertiary/aromatic N) is 1. The van der Waals surface area contributed by atoms with E-state index in [0.717, 1.165) is 5.56 Å². The molecule has 104 valence electrons. The Labute approximate surface area is 130 Å². The number of benzene rings is 2. The van der Waals surface area contributed by atoms with Gasteiger partial charge in [-0.05, 0) is 29.8 Å². The molecule has 0 aromatic heterocycles. The molecule has 2 aromatic rings. The molecule has 2 aromatic carbocycles. The Balaban J connectivity index is 2.21. The molecule has 0 spiro atoms. The van der Waals surface area contributed by atoms with Crippen LogP contribution >= 0.6 is 27.5 Å². The van der Waals surface area contributed by atoms with E-state index in [0.29, 0.717) is 16.0 Å². The van der Waals surface area contributed by atoms with Gasteiger partial charge in [-0.1, -0.05) is 45.7 Å². The van der Waals surface area contributed by atoms with Gasteiger partial charge in [0.25, 0.3) is 5.91 Å². The summed E-state index contributed by atoms with van der Waals surface area (Å²) in [7, 11) is 1.62. The molecule has 0 heterocycles. The van der Waals surface area contributed by atoms with E-state index < -0.39 is 5.82 Å². The zero-order chi connectivity index (χ0) is 14.7. The van der Waals surface area contributed by atoms with Crippen molar-refractivity contribution < 1.29 is 9.18 Å². The highest BCUT2D eigenvalue weighted by atomic mass is 79.9. The van der Waals surface area contributed by atoms with Gasteiger partial charge >= 0.3 is 0 Å². The maximum atomic E-state index is 13.7. The van der Waals surface area contributed by atoms with Gasteiger partial charge in [-0.15, -0.1) is 0 Å². The summed E-state index contributed by atoms with van der Waals surface area (Å²) in [5.74, 6) is -0.923. The van der Waals surface area contributed by atoms with E-state index in [1.54, 1.807) is 19.2 Å². The van der Waals surface area contributed by atoms with Crippen molar-refractivity contribution in [2.45, 2.75) is 6.54 Å². The van der Waals surface area contributed by atoms with Gasteiger partial charge in [-0.2, -0.15) is 0 Å². The van der Waals surface area contributed by atoms with E-state index in [9.17, 15) is 9.18 Å². The van der Waals surface area contributed by atoms with Gasteiger partial charge in [0.15, 0.2) is 0 Å². The predicted molar refractivity (Wildman–Crippen MR) is 81.3 cm³/mol. The van der Waals surface area contributed by atoms with Gasteiger partial charge in [-0.3, -0.25) is 4.79 Å². The van der Waals surface area contributed by atoms with Crippen molar-refractivity contribution in [3.8, 4) is 0 Å². The maximum Gasteiger partial charge on any atom is 0.256 e. The highest BCUT2D eigenvalue weighted by Gasteiger charge is 2.17. The summed E-state index contributed by atoms with van der Waals surface area (Å²) >= 11 is 9.29. The molecule has 0 N–H and O–H groups in total. The molecule has 0 aliphatic heterocycles. The first-order valence-electron chi connectivity index (χ1n) is 5.93. The van der Waals surface area contributed by atoms with Gasteiger partial charge in [0.05, 0.1) is 5.56 Å². The zero-order valence-electron chi connectivity index (χ0n) is 10.7. The molecule has 2 nitrogen and oxygen atoms in total. The second-order valence-electron chi connectivity index (χ2n) is 4.38. The summed E-state index contributed by atoms with van der Waals surface area (Å²) in [5, 5.41) is 0.585. The Morgan fingerprint density at radius 3 is 2.70 bits per heavy atom.